The number of fused-ring (bicyclic) bond motifs is 2. The van der Waals surface area contributed by atoms with Crippen LogP contribution in [0.1, 0.15) is 45.7 Å². The second-order valence-corrected chi connectivity index (χ2v) is 11.3. The zero-order valence-corrected chi connectivity index (χ0v) is 23.5. The highest BCUT2D eigenvalue weighted by Crippen LogP contribution is 2.29. The molecule has 1 saturated heterocycles. The third-order valence-corrected chi connectivity index (χ3v) is 8.58. The Hall–Kier alpha value is -4.78. The molecular weight excluding hydrogens is 545 g/mol. The summed E-state index contributed by atoms with van der Waals surface area (Å²) in [7, 11) is 0. The van der Waals surface area contributed by atoms with Crippen molar-refractivity contribution in [1.29, 1.82) is 5.26 Å². The van der Waals surface area contributed by atoms with Gasteiger partial charge in [0.1, 0.15) is 11.6 Å². The number of rotatable bonds is 8. The van der Waals surface area contributed by atoms with E-state index in [1.165, 1.54) is 11.6 Å². The van der Waals surface area contributed by atoms with Gasteiger partial charge < -0.3 is 19.0 Å². The van der Waals surface area contributed by atoms with E-state index < -0.39 is 5.97 Å². The molecule has 5 aromatic rings. The number of imidazole rings is 1. The molecule has 4 heterocycles. The summed E-state index contributed by atoms with van der Waals surface area (Å²) in [6.45, 7) is 4.11. The van der Waals surface area contributed by atoms with E-state index in [2.05, 4.69) is 33.7 Å². The molecule has 2 aliphatic heterocycles. The van der Waals surface area contributed by atoms with Crippen molar-refractivity contribution in [2.75, 3.05) is 19.7 Å². The van der Waals surface area contributed by atoms with E-state index in [0.717, 1.165) is 65.9 Å². The highest BCUT2D eigenvalue weighted by Gasteiger charge is 2.24. The number of nitriles is 1. The summed E-state index contributed by atoms with van der Waals surface area (Å²) >= 11 is 0. The molecule has 9 heteroatoms. The van der Waals surface area contributed by atoms with Crippen LogP contribution >= 0.6 is 0 Å². The molecule has 3 aromatic carbocycles. The highest BCUT2D eigenvalue weighted by atomic mass is 19.1. The maximum absolute atomic E-state index is 14.6. The molecule has 2 aromatic heterocycles. The molecule has 216 valence electrons. The molecule has 0 radical (unpaired) electrons. The minimum Gasteiger partial charge on any atom is -0.478 e. The van der Waals surface area contributed by atoms with Gasteiger partial charge in [-0.05, 0) is 71.8 Å². The first kappa shape index (κ1) is 27.1. The third-order valence-electron chi connectivity index (χ3n) is 8.58. The highest BCUT2D eigenvalue weighted by molar-refractivity contribution is 5.92. The quantitative estimate of drug-likeness (QED) is 0.250. The van der Waals surface area contributed by atoms with Gasteiger partial charge in [-0.3, -0.25) is 4.90 Å². The lowest BCUT2D eigenvalue weighted by Gasteiger charge is -2.29. The van der Waals surface area contributed by atoms with E-state index in [0.29, 0.717) is 30.8 Å². The lowest BCUT2D eigenvalue weighted by atomic mass is 9.98. The van der Waals surface area contributed by atoms with Crippen LogP contribution in [0.5, 0.6) is 0 Å². The summed E-state index contributed by atoms with van der Waals surface area (Å²) in [6, 6.07) is 20.2. The Balaban J connectivity index is 1.10. The Labute approximate surface area is 247 Å². The Morgan fingerprint density at radius 3 is 2.70 bits per heavy atom. The number of hydrogen-bond donors (Lipinski definition) is 1. The fourth-order valence-corrected chi connectivity index (χ4v) is 6.03. The molecule has 1 fully saturated rings. The van der Waals surface area contributed by atoms with E-state index in [4.69, 9.17) is 15.0 Å². The zero-order valence-electron chi connectivity index (χ0n) is 23.5. The van der Waals surface area contributed by atoms with Crippen LogP contribution in [0.4, 0.5) is 4.39 Å². The molecule has 1 atom stereocenters. The average molecular weight is 576 g/mol. The van der Waals surface area contributed by atoms with Gasteiger partial charge in [-0.25, -0.2) is 14.2 Å². The number of benzene rings is 3. The largest absolute Gasteiger partial charge is 0.478 e. The van der Waals surface area contributed by atoms with Crippen molar-refractivity contribution in [3.8, 4) is 6.07 Å². The van der Waals surface area contributed by atoms with Crippen molar-refractivity contribution in [1.82, 2.24) is 19.0 Å². The standard InChI is InChI=1S/C34H30FN5O3/c35-29-15-22(18-36)1-2-27(29)19-39-13-9-24-3-4-25(16-31(24)39)23-7-11-38(12-8-23)21-33-37-30-6-5-26(34(41)42)17-32(30)40(33)20-28-10-14-43-28/h1-7,9,13,15-17,28H,8,10-12,14,19-21H2,(H,41,42)/t28-/m0/s1. The Kier molecular flexibility index (Phi) is 7.01. The Bertz CT molecular complexity index is 1950. The molecule has 0 unspecified atom stereocenters. The first-order valence-electron chi connectivity index (χ1n) is 14.5. The lowest BCUT2D eigenvalue weighted by Crippen LogP contribution is -2.33. The van der Waals surface area contributed by atoms with Crippen LogP contribution in [-0.4, -0.2) is 55.9 Å². The molecule has 0 spiro atoms. The number of carbonyl (C=O) groups is 1. The number of aromatic carboxylic acids is 1. The van der Waals surface area contributed by atoms with E-state index in [1.54, 1.807) is 30.3 Å². The normalized spacial score (nSPS) is 17.1. The molecule has 7 rings (SSSR count). The molecule has 0 saturated carbocycles. The van der Waals surface area contributed by atoms with Gasteiger partial charge in [0.15, 0.2) is 0 Å². The number of carboxylic acid groups (broad SMARTS) is 1. The summed E-state index contributed by atoms with van der Waals surface area (Å²) in [4.78, 5) is 18.9. The van der Waals surface area contributed by atoms with Crippen LogP contribution in [0.3, 0.4) is 0 Å². The van der Waals surface area contributed by atoms with Crippen molar-refractivity contribution >= 4 is 33.5 Å². The van der Waals surface area contributed by atoms with Gasteiger partial charge in [0.25, 0.3) is 0 Å². The van der Waals surface area contributed by atoms with Gasteiger partial charge in [-0.2, -0.15) is 5.26 Å². The second-order valence-electron chi connectivity index (χ2n) is 11.3. The summed E-state index contributed by atoms with van der Waals surface area (Å²) in [5, 5.41) is 19.7. The van der Waals surface area contributed by atoms with E-state index in [-0.39, 0.29) is 17.5 Å². The predicted molar refractivity (Wildman–Crippen MR) is 161 cm³/mol. The van der Waals surface area contributed by atoms with E-state index >= 15 is 0 Å². The number of nitrogens with zero attached hydrogens (tertiary/aromatic N) is 5. The summed E-state index contributed by atoms with van der Waals surface area (Å²) in [5.74, 6) is -0.404. The maximum Gasteiger partial charge on any atom is 0.335 e. The van der Waals surface area contributed by atoms with Crippen LogP contribution in [0.25, 0.3) is 27.5 Å². The maximum atomic E-state index is 14.6. The predicted octanol–water partition coefficient (Wildman–Crippen LogP) is 5.83. The zero-order chi connectivity index (χ0) is 29.5. The summed E-state index contributed by atoms with van der Waals surface area (Å²) < 4.78 is 24.5. The minimum atomic E-state index is -0.948. The number of ether oxygens (including phenoxy) is 1. The molecule has 43 heavy (non-hydrogen) atoms. The van der Waals surface area contributed by atoms with Crippen molar-refractivity contribution in [2.45, 2.75) is 38.6 Å². The van der Waals surface area contributed by atoms with Crippen LogP contribution in [0.2, 0.25) is 0 Å². The van der Waals surface area contributed by atoms with Gasteiger partial charge in [-0.15, -0.1) is 0 Å². The molecule has 2 aliphatic rings. The van der Waals surface area contributed by atoms with Gasteiger partial charge >= 0.3 is 5.97 Å². The Morgan fingerprint density at radius 2 is 1.98 bits per heavy atom. The van der Waals surface area contributed by atoms with Gasteiger partial charge in [0, 0.05) is 37.0 Å². The van der Waals surface area contributed by atoms with Gasteiger partial charge in [0.2, 0.25) is 0 Å². The topological polar surface area (TPSA) is 96.3 Å². The fraction of sp³-hybridized carbons (Fsp3) is 0.265. The number of carboxylic acids is 1. The third kappa shape index (κ3) is 5.31. The summed E-state index contributed by atoms with van der Waals surface area (Å²) in [6.07, 6.45) is 6.24. The average Bonchev–Trinajstić information content (AvgIpc) is 3.55. The molecule has 0 amide bonds. The first-order chi connectivity index (χ1) is 20.9. The van der Waals surface area contributed by atoms with E-state index in [9.17, 15) is 14.3 Å². The van der Waals surface area contributed by atoms with Crippen molar-refractivity contribution in [3.63, 3.8) is 0 Å². The van der Waals surface area contributed by atoms with Crippen molar-refractivity contribution in [3.05, 3.63) is 107 Å². The van der Waals surface area contributed by atoms with E-state index in [1.807, 2.05) is 22.9 Å². The monoisotopic (exact) mass is 575 g/mol. The van der Waals surface area contributed by atoms with Crippen molar-refractivity contribution < 1.29 is 19.0 Å². The van der Waals surface area contributed by atoms with Gasteiger partial charge in [-0.1, -0.05) is 24.3 Å². The molecule has 1 N–H and O–H groups in total. The molecule has 8 nitrogen and oxygen atoms in total. The Morgan fingerprint density at radius 1 is 1.09 bits per heavy atom. The van der Waals surface area contributed by atoms with Crippen LogP contribution < -0.4 is 0 Å². The number of halogens is 1. The first-order valence-corrected chi connectivity index (χ1v) is 14.5. The van der Waals surface area contributed by atoms with Crippen molar-refractivity contribution in [2.24, 2.45) is 0 Å². The molecule has 0 aliphatic carbocycles. The SMILES string of the molecule is N#Cc1ccc(Cn2ccc3ccc(C4=CCN(Cc5nc6ccc(C(=O)O)cc6n5C[C@@H]5CCO5)CC4)cc32)c(F)c1. The molecule has 0 bridgehead atoms. The summed E-state index contributed by atoms with van der Waals surface area (Å²) in [5.41, 5.74) is 6.21. The number of hydrogen-bond acceptors (Lipinski definition) is 5. The van der Waals surface area contributed by atoms with Crippen LogP contribution in [-0.2, 0) is 24.4 Å². The smallest absolute Gasteiger partial charge is 0.335 e. The minimum absolute atomic E-state index is 0.125. The van der Waals surface area contributed by atoms with Crippen LogP contribution in [0.15, 0.2) is 72.9 Å². The second kappa shape index (κ2) is 11.1. The van der Waals surface area contributed by atoms with Gasteiger partial charge in [0.05, 0.1) is 54.0 Å². The van der Waals surface area contributed by atoms with Crippen LogP contribution in [0, 0.1) is 17.1 Å². The number of aromatic nitrogens is 3. The molecular formula is C34H30FN5O3. The fourth-order valence-electron chi connectivity index (χ4n) is 6.03. The lowest BCUT2D eigenvalue weighted by molar-refractivity contribution is -0.0591.